The third-order valence-corrected chi connectivity index (χ3v) is 3.70. The molecule has 2 aromatic carbocycles. The molecule has 0 saturated carbocycles. The Bertz CT molecular complexity index is 963. The molecule has 118 valence electrons. The Labute approximate surface area is 127 Å². The lowest BCUT2D eigenvalue weighted by Gasteiger charge is -2.07. The number of aromatic nitrogens is 1. The molecule has 0 aliphatic heterocycles. The molecule has 3 aromatic rings. The van der Waals surface area contributed by atoms with Gasteiger partial charge in [-0.15, -0.1) is 0 Å². The number of halogens is 4. The minimum absolute atomic E-state index is 0.0352. The molecule has 0 fully saturated rings. The number of rotatable bonds is 2. The van der Waals surface area contributed by atoms with Crippen molar-refractivity contribution < 1.29 is 22.4 Å². The number of hydrogen-bond donors (Lipinski definition) is 2. The summed E-state index contributed by atoms with van der Waals surface area (Å²) in [7, 11) is 0. The predicted octanol–water partition coefficient (Wildman–Crippen LogP) is 3.80. The van der Waals surface area contributed by atoms with Crippen LogP contribution in [0, 0.1) is 30.2 Å². The quantitative estimate of drug-likeness (QED) is 0.547. The van der Waals surface area contributed by atoms with E-state index in [0.29, 0.717) is 10.9 Å². The van der Waals surface area contributed by atoms with E-state index in [2.05, 4.69) is 4.98 Å². The Kier molecular flexibility index (Phi) is 3.35. The van der Waals surface area contributed by atoms with Gasteiger partial charge in [0.15, 0.2) is 17.5 Å². The highest BCUT2D eigenvalue weighted by Crippen LogP contribution is 2.34. The van der Waals surface area contributed by atoms with E-state index < -0.39 is 29.2 Å². The number of amides is 1. The van der Waals surface area contributed by atoms with Crippen LogP contribution in [0.1, 0.15) is 16.1 Å². The van der Waals surface area contributed by atoms with Gasteiger partial charge < -0.3 is 10.7 Å². The summed E-state index contributed by atoms with van der Waals surface area (Å²) in [5, 5.41) is 0.304. The molecule has 1 aromatic heterocycles. The Hall–Kier alpha value is -2.83. The minimum Gasteiger partial charge on any atom is -0.364 e. The molecule has 1 amide bonds. The third-order valence-electron chi connectivity index (χ3n) is 3.70. The normalized spacial score (nSPS) is 11.2. The number of aryl methyl sites for hydroxylation is 1. The summed E-state index contributed by atoms with van der Waals surface area (Å²) in [4.78, 5) is 14.1. The van der Waals surface area contributed by atoms with Crippen molar-refractivity contribution in [2.45, 2.75) is 6.92 Å². The molecule has 23 heavy (non-hydrogen) atoms. The number of carbonyl (C=O) groups is 1. The highest BCUT2D eigenvalue weighted by Gasteiger charge is 2.21. The molecule has 0 spiro atoms. The predicted molar refractivity (Wildman–Crippen MR) is 76.8 cm³/mol. The Morgan fingerprint density at radius 1 is 1.04 bits per heavy atom. The largest absolute Gasteiger partial charge is 0.364 e. The van der Waals surface area contributed by atoms with Crippen LogP contribution in [0.3, 0.4) is 0 Å². The van der Waals surface area contributed by atoms with Gasteiger partial charge in [-0.3, -0.25) is 4.79 Å². The standard InChI is InChI=1S/C16H10F4N2O/c1-6-9-4-7(17)5-10(15(9)22-14(6)16(21)23)8-2-3-11(18)13(20)12(8)19/h2-5,22H,1H3,(H2,21,23). The fourth-order valence-electron chi connectivity index (χ4n) is 2.58. The molecule has 0 bridgehead atoms. The topological polar surface area (TPSA) is 58.9 Å². The number of aromatic amines is 1. The average molecular weight is 322 g/mol. The lowest BCUT2D eigenvalue weighted by atomic mass is 10.0. The minimum atomic E-state index is -1.65. The summed E-state index contributed by atoms with van der Waals surface area (Å²) in [6.07, 6.45) is 0. The van der Waals surface area contributed by atoms with Gasteiger partial charge in [0, 0.05) is 16.5 Å². The van der Waals surface area contributed by atoms with Crippen LogP contribution in [0.4, 0.5) is 17.6 Å². The van der Waals surface area contributed by atoms with Crippen LogP contribution in [0.5, 0.6) is 0 Å². The van der Waals surface area contributed by atoms with Gasteiger partial charge in [0.05, 0.1) is 5.52 Å². The first-order valence-corrected chi connectivity index (χ1v) is 6.56. The van der Waals surface area contributed by atoms with Crippen LogP contribution in [-0.4, -0.2) is 10.9 Å². The van der Waals surface area contributed by atoms with E-state index in [9.17, 15) is 22.4 Å². The zero-order valence-electron chi connectivity index (χ0n) is 11.8. The molecule has 3 rings (SSSR count). The zero-order chi connectivity index (χ0) is 16.9. The van der Waals surface area contributed by atoms with Gasteiger partial charge >= 0.3 is 0 Å². The number of nitrogens with one attached hydrogen (secondary N) is 1. The van der Waals surface area contributed by atoms with Crippen LogP contribution in [-0.2, 0) is 0 Å². The van der Waals surface area contributed by atoms with Crippen LogP contribution >= 0.6 is 0 Å². The smallest absolute Gasteiger partial charge is 0.265 e. The molecular weight excluding hydrogens is 312 g/mol. The van der Waals surface area contributed by atoms with Crippen molar-refractivity contribution in [3.05, 3.63) is 58.8 Å². The highest BCUT2D eigenvalue weighted by atomic mass is 19.2. The van der Waals surface area contributed by atoms with Crippen LogP contribution in [0.2, 0.25) is 0 Å². The van der Waals surface area contributed by atoms with Crippen molar-refractivity contribution in [2.24, 2.45) is 5.73 Å². The van der Waals surface area contributed by atoms with Crippen LogP contribution < -0.4 is 5.73 Å². The second kappa shape index (κ2) is 5.12. The van der Waals surface area contributed by atoms with Gasteiger partial charge in [0.1, 0.15) is 11.5 Å². The monoisotopic (exact) mass is 322 g/mol. The van der Waals surface area contributed by atoms with Gasteiger partial charge in [0.2, 0.25) is 0 Å². The second-order valence-electron chi connectivity index (χ2n) is 5.09. The molecule has 0 radical (unpaired) electrons. The zero-order valence-corrected chi connectivity index (χ0v) is 11.8. The summed E-state index contributed by atoms with van der Waals surface area (Å²) < 4.78 is 54.4. The van der Waals surface area contributed by atoms with E-state index in [1.165, 1.54) is 0 Å². The number of primary amides is 1. The molecule has 0 saturated heterocycles. The Morgan fingerprint density at radius 3 is 2.39 bits per heavy atom. The van der Waals surface area contributed by atoms with Gasteiger partial charge in [-0.2, -0.15) is 0 Å². The fourth-order valence-corrected chi connectivity index (χ4v) is 2.58. The molecule has 0 aliphatic rings. The maximum Gasteiger partial charge on any atom is 0.265 e. The third kappa shape index (κ3) is 2.25. The number of benzene rings is 2. The maximum absolute atomic E-state index is 14.0. The van der Waals surface area contributed by atoms with Crippen molar-refractivity contribution in [3.63, 3.8) is 0 Å². The van der Waals surface area contributed by atoms with Crippen LogP contribution in [0.15, 0.2) is 24.3 Å². The maximum atomic E-state index is 14.0. The van der Waals surface area contributed by atoms with E-state index in [1.54, 1.807) is 6.92 Å². The number of fused-ring (bicyclic) bond motifs is 1. The summed E-state index contributed by atoms with van der Waals surface area (Å²) in [6, 6.07) is 3.87. The SMILES string of the molecule is Cc1c(C(N)=O)[nH]c2c(-c3ccc(F)c(F)c3F)cc(F)cc12. The van der Waals surface area contributed by atoms with Gasteiger partial charge in [-0.05, 0) is 36.8 Å². The fraction of sp³-hybridized carbons (Fsp3) is 0.0625. The van der Waals surface area contributed by atoms with E-state index in [0.717, 1.165) is 24.3 Å². The van der Waals surface area contributed by atoms with E-state index >= 15 is 0 Å². The number of carbonyl (C=O) groups excluding carboxylic acids is 1. The molecule has 0 atom stereocenters. The molecular formula is C16H10F4N2O. The highest BCUT2D eigenvalue weighted by molar-refractivity contribution is 6.04. The van der Waals surface area contributed by atoms with Gasteiger partial charge in [-0.1, -0.05) is 0 Å². The van der Waals surface area contributed by atoms with Crippen LogP contribution in [0.25, 0.3) is 22.0 Å². The first-order valence-electron chi connectivity index (χ1n) is 6.56. The number of nitrogens with two attached hydrogens (primary N) is 1. The van der Waals surface area contributed by atoms with E-state index in [1.807, 2.05) is 0 Å². The first-order chi connectivity index (χ1) is 10.8. The lowest BCUT2D eigenvalue weighted by molar-refractivity contribution is 0.0996. The molecule has 3 N–H and O–H groups in total. The van der Waals surface area contributed by atoms with Crippen molar-refractivity contribution in [1.82, 2.24) is 4.98 Å². The average Bonchev–Trinajstić information content (AvgIpc) is 2.82. The van der Waals surface area contributed by atoms with Crippen molar-refractivity contribution in [1.29, 1.82) is 0 Å². The second-order valence-corrected chi connectivity index (χ2v) is 5.09. The number of hydrogen-bond acceptors (Lipinski definition) is 1. The summed E-state index contributed by atoms with van der Waals surface area (Å²) in [5.41, 5.74) is 5.50. The molecule has 1 heterocycles. The van der Waals surface area contributed by atoms with E-state index in [-0.39, 0.29) is 22.3 Å². The van der Waals surface area contributed by atoms with Gasteiger partial charge in [-0.25, -0.2) is 17.6 Å². The first kappa shape index (κ1) is 15.1. The van der Waals surface area contributed by atoms with Gasteiger partial charge in [0.25, 0.3) is 5.91 Å². The molecule has 0 aliphatic carbocycles. The number of H-pyrrole nitrogens is 1. The lowest BCUT2D eigenvalue weighted by Crippen LogP contribution is -2.12. The molecule has 0 unspecified atom stereocenters. The Morgan fingerprint density at radius 2 is 1.74 bits per heavy atom. The summed E-state index contributed by atoms with van der Waals surface area (Å²) >= 11 is 0. The van der Waals surface area contributed by atoms with Crippen molar-refractivity contribution in [3.8, 4) is 11.1 Å². The summed E-state index contributed by atoms with van der Waals surface area (Å²) in [5.74, 6) is -5.92. The Balaban J connectivity index is 2.41. The van der Waals surface area contributed by atoms with Crippen molar-refractivity contribution in [2.75, 3.05) is 0 Å². The summed E-state index contributed by atoms with van der Waals surface area (Å²) in [6.45, 7) is 1.55. The molecule has 3 nitrogen and oxygen atoms in total. The van der Waals surface area contributed by atoms with E-state index in [4.69, 9.17) is 5.73 Å². The molecule has 7 heteroatoms. The van der Waals surface area contributed by atoms with Crippen molar-refractivity contribution >= 4 is 16.8 Å².